The maximum Gasteiger partial charge on any atom is 0.219 e. The van der Waals surface area contributed by atoms with Gasteiger partial charge in [0.05, 0.1) is 24.5 Å². The number of nitrogens with zero attached hydrogens (tertiary/aromatic N) is 2. The van der Waals surface area contributed by atoms with Crippen molar-refractivity contribution in [3.8, 4) is 6.07 Å². The highest BCUT2D eigenvalue weighted by molar-refractivity contribution is 14.1. The van der Waals surface area contributed by atoms with E-state index in [9.17, 15) is 8.42 Å². The number of nitriles is 1. The Kier molecular flexibility index (Phi) is 4.78. The predicted octanol–water partition coefficient (Wildman–Crippen LogP) is 1.35. The van der Waals surface area contributed by atoms with Crippen LogP contribution in [0.3, 0.4) is 0 Å². The molecule has 0 bridgehead atoms. The summed E-state index contributed by atoms with van der Waals surface area (Å²) in [6, 6.07) is 9.23. The first-order chi connectivity index (χ1) is 9.01. The molecule has 102 valence electrons. The zero-order valence-corrected chi connectivity index (χ0v) is 13.1. The van der Waals surface area contributed by atoms with E-state index < -0.39 is 10.0 Å². The molecule has 2 rings (SSSR count). The van der Waals surface area contributed by atoms with E-state index in [0.29, 0.717) is 6.61 Å². The Balaban J connectivity index is 2.12. The molecule has 0 radical (unpaired) electrons. The van der Waals surface area contributed by atoms with Gasteiger partial charge in [-0.05, 0) is 40.3 Å². The van der Waals surface area contributed by atoms with E-state index in [1.165, 1.54) is 4.31 Å². The molecule has 1 atom stereocenters. The number of sulfonamides is 1. The molecule has 0 aliphatic carbocycles. The second-order valence-corrected chi connectivity index (χ2v) is 7.51. The largest absolute Gasteiger partial charge is 0.372 e. The standard InChI is InChI=1S/C12H13IN2O3S/c13-11-3-1-2-10(6-11)9-19(16,17)15(5-4-14)7-12-8-18-12/h1-3,6,12H,5,7-9H2. The van der Waals surface area contributed by atoms with Crippen LogP contribution in [-0.4, -0.2) is 38.5 Å². The average Bonchev–Trinajstić information content (AvgIpc) is 3.12. The molecule has 1 aromatic carbocycles. The summed E-state index contributed by atoms with van der Waals surface area (Å²) >= 11 is 2.14. The molecule has 7 heteroatoms. The highest BCUT2D eigenvalue weighted by Gasteiger charge is 2.31. The van der Waals surface area contributed by atoms with Crippen molar-refractivity contribution >= 4 is 32.6 Å². The van der Waals surface area contributed by atoms with Gasteiger partial charge < -0.3 is 4.74 Å². The van der Waals surface area contributed by atoms with Crippen molar-refractivity contribution in [2.24, 2.45) is 0 Å². The van der Waals surface area contributed by atoms with E-state index in [1.807, 2.05) is 24.3 Å². The smallest absolute Gasteiger partial charge is 0.219 e. The van der Waals surface area contributed by atoms with Gasteiger partial charge in [0.2, 0.25) is 10.0 Å². The number of hydrogen-bond donors (Lipinski definition) is 0. The summed E-state index contributed by atoms with van der Waals surface area (Å²) in [5, 5.41) is 8.75. The van der Waals surface area contributed by atoms with Crippen LogP contribution in [0.1, 0.15) is 5.56 Å². The summed E-state index contributed by atoms with van der Waals surface area (Å²) in [7, 11) is -3.48. The SMILES string of the molecule is N#CCN(CC1CO1)S(=O)(=O)Cc1cccc(I)c1. The van der Waals surface area contributed by atoms with E-state index in [0.717, 1.165) is 9.13 Å². The highest BCUT2D eigenvalue weighted by atomic mass is 127. The Labute approximate surface area is 126 Å². The lowest BCUT2D eigenvalue weighted by Gasteiger charge is -2.18. The lowest BCUT2D eigenvalue weighted by molar-refractivity contribution is 0.349. The summed E-state index contributed by atoms with van der Waals surface area (Å²) in [5.74, 6) is -0.0851. The van der Waals surface area contributed by atoms with Crippen LogP contribution in [0.4, 0.5) is 0 Å². The Morgan fingerprint density at radius 2 is 2.26 bits per heavy atom. The molecule has 0 saturated carbocycles. The van der Waals surface area contributed by atoms with Crippen LogP contribution in [0.25, 0.3) is 0 Å². The normalized spacial score (nSPS) is 18.3. The van der Waals surface area contributed by atoms with Crippen molar-refractivity contribution in [3.05, 3.63) is 33.4 Å². The maximum absolute atomic E-state index is 12.3. The Bertz CT molecular complexity index is 593. The highest BCUT2D eigenvalue weighted by Crippen LogP contribution is 2.17. The number of benzene rings is 1. The number of ether oxygens (including phenoxy) is 1. The monoisotopic (exact) mass is 392 g/mol. The van der Waals surface area contributed by atoms with Crippen molar-refractivity contribution in [3.63, 3.8) is 0 Å². The molecule has 0 aromatic heterocycles. The molecule has 1 aromatic rings. The fraction of sp³-hybridized carbons (Fsp3) is 0.417. The van der Waals surface area contributed by atoms with Gasteiger partial charge in [-0.1, -0.05) is 12.1 Å². The first kappa shape index (κ1) is 14.7. The van der Waals surface area contributed by atoms with Crippen molar-refractivity contribution in [2.45, 2.75) is 11.9 Å². The summed E-state index contributed by atoms with van der Waals surface area (Å²) < 4.78 is 31.8. The molecule has 1 aliphatic heterocycles. The number of rotatable bonds is 6. The van der Waals surface area contributed by atoms with Crippen molar-refractivity contribution in [2.75, 3.05) is 19.7 Å². The van der Waals surface area contributed by atoms with Crippen LogP contribution < -0.4 is 0 Å². The van der Waals surface area contributed by atoms with Crippen molar-refractivity contribution < 1.29 is 13.2 Å². The summed E-state index contributed by atoms with van der Waals surface area (Å²) in [6.45, 7) is 0.701. The van der Waals surface area contributed by atoms with Crippen molar-refractivity contribution in [1.82, 2.24) is 4.31 Å². The Hall–Kier alpha value is -0.690. The topological polar surface area (TPSA) is 73.7 Å². The fourth-order valence-electron chi connectivity index (χ4n) is 1.68. The second kappa shape index (κ2) is 6.17. The Morgan fingerprint density at radius 3 is 2.84 bits per heavy atom. The van der Waals surface area contributed by atoms with Gasteiger partial charge in [-0.3, -0.25) is 0 Å². The zero-order chi connectivity index (χ0) is 13.9. The van der Waals surface area contributed by atoms with Crippen LogP contribution in [0, 0.1) is 14.9 Å². The van der Waals surface area contributed by atoms with Gasteiger partial charge in [0.25, 0.3) is 0 Å². The van der Waals surface area contributed by atoms with E-state index in [-0.39, 0.29) is 24.9 Å². The molecule has 0 amide bonds. The first-order valence-electron chi connectivity index (χ1n) is 5.72. The van der Waals surface area contributed by atoms with E-state index >= 15 is 0 Å². The molecule has 19 heavy (non-hydrogen) atoms. The minimum atomic E-state index is -3.48. The molecule has 1 unspecified atom stereocenters. The molecule has 1 fully saturated rings. The van der Waals surface area contributed by atoms with Gasteiger partial charge in [0.15, 0.2) is 0 Å². The molecule has 1 saturated heterocycles. The number of hydrogen-bond acceptors (Lipinski definition) is 4. The Morgan fingerprint density at radius 1 is 1.53 bits per heavy atom. The quantitative estimate of drug-likeness (QED) is 0.416. The van der Waals surface area contributed by atoms with Gasteiger partial charge in [-0.25, -0.2) is 8.42 Å². The minimum Gasteiger partial charge on any atom is -0.372 e. The maximum atomic E-state index is 12.3. The summed E-state index contributed by atoms with van der Waals surface area (Å²) in [4.78, 5) is 0. The second-order valence-electron chi connectivity index (χ2n) is 4.29. The third-order valence-electron chi connectivity index (χ3n) is 2.69. The number of epoxide rings is 1. The van der Waals surface area contributed by atoms with Crippen LogP contribution >= 0.6 is 22.6 Å². The predicted molar refractivity (Wildman–Crippen MR) is 78.7 cm³/mol. The molecule has 0 N–H and O–H groups in total. The van der Waals surface area contributed by atoms with Gasteiger partial charge in [-0.15, -0.1) is 0 Å². The number of halogens is 1. The van der Waals surface area contributed by atoms with Gasteiger partial charge in [-0.2, -0.15) is 9.57 Å². The molecule has 0 spiro atoms. The first-order valence-corrected chi connectivity index (χ1v) is 8.41. The molecule has 1 heterocycles. The molecule has 5 nitrogen and oxygen atoms in total. The third-order valence-corrected chi connectivity index (χ3v) is 5.12. The summed E-state index contributed by atoms with van der Waals surface area (Å²) in [6.07, 6.45) is -0.0564. The van der Waals surface area contributed by atoms with E-state index in [2.05, 4.69) is 22.6 Å². The average molecular weight is 392 g/mol. The van der Waals surface area contributed by atoms with Crippen LogP contribution in [-0.2, 0) is 20.5 Å². The zero-order valence-electron chi connectivity index (χ0n) is 10.1. The van der Waals surface area contributed by atoms with E-state index in [1.54, 1.807) is 6.07 Å². The van der Waals surface area contributed by atoms with E-state index in [4.69, 9.17) is 10.00 Å². The summed E-state index contributed by atoms with van der Waals surface area (Å²) in [5.41, 5.74) is 0.728. The molecular weight excluding hydrogens is 379 g/mol. The van der Waals surface area contributed by atoms with Gasteiger partial charge in [0.1, 0.15) is 6.54 Å². The molecular formula is C12H13IN2O3S. The van der Waals surface area contributed by atoms with Crippen LogP contribution in [0.15, 0.2) is 24.3 Å². The van der Waals surface area contributed by atoms with Gasteiger partial charge in [0, 0.05) is 10.1 Å². The molecule has 1 aliphatic rings. The van der Waals surface area contributed by atoms with Crippen LogP contribution in [0.2, 0.25) is 0 Å². The van der Waals surface area contributed by atoms with Crippen molar-refractivity contribution in [1.29, 1.82) is 5.26 Å². The van der Waals surface area contributed by atoms with Crippen LogP contribution in [0.5, 0.6) is 0 Å². The lowest BCUT2D eigenvalue weighted by atomic mass is 10.2. The fourth-order valence-corrected chi connectivity index (χ4v) is 3.72. The minimum absolute atomic E-state index is 0.0564. The third kappa shape index (κ3) is 4.42. The van der Waals surface area contributed by atoms with Gasteiger partial charge >= 0.3 is 0 Å². The lowest BCUT2D eigenvalue weighted by Crippen LogP contribution is -2.35.